The number of amides is 1. The third kappa shape index (κ3) is 3.94. The molecule has 0 saturated heterocycles. The number of carbonyl (C=O) groups is 1. The normalized spacial score (nSPS) is 10.4. The van der Waals surface area contributed by atoms with Gasteiger partial charge in [0.15, 0.2) is 12.4 Å². The maximum absolute atomic E-state index is 12.0. The Labute approximate surface area is 144 Å². The lowest BCUT2D eigenvalue weighted by Gasteiger charge is -2.08. The van der Waals surface area contributed by atoms with Gasteiger partial charge in [-0.15, -0.1) is 0 Å². The molecule has 122 valence electrons. The number of nitrogens with one attached hydrogen (secondary N) is 1. The maximum Gasteiger partial charge on any atom is 0.263 e. The predicted molar refractivity (Wildman–Crippen MR) is 93.9 cm³/mol. The lowest BCUT2D eigenvalue weighted by Crippen LogP contribution is -2.20. The van der Waals surface area contributed by atoms with Gasteiger partial charge in [0.1, 0.15) is 5.75 Å². The molecule has 0 saturated carbocycles. The number of carbonyl (C=O) groups excluding carboxylic acids is 1. The van der Waals surface area contributed by atoms with Gasteiger partial charge in [0.25, 0.3) is 5.91 Å². The van der Waals surface area contributed by atoms with Crippen LogP contribution in [0.25, 0.3) is 5.69 Å². The molecular formula is C18H16ClN3O2. The van der Waals surface area contributed by atoms with Gasteiger partial charge in [0.05, 0.1) is 5.69 Å². The fourth-order valence-corrected chi connectivity index (χ4v) is 2.44. The molecule has 24 heavy (non-hydrogen) atoms. The van der Waals surface area contributed by atoms with Crippen LogP contribution < -0.4 is 10.1 Å². The molecule has 0 aliphatic rings. The summed E-state index contributed by atoms with van der Waals surface area (Å²) in [6.07, 6.45) is 1.79. The monoisotopic (exact) mass is 341 g/mol. The van der Waals surface area contributed by atoms with E-state index in [1.54, 1.807) is 35.1 Å². The molecule has 0 radical (unpaired) electrons. The van der Waals surface area contributed by atoms with E-state index in [9.17, 15) is 4.79 Å². The molecule has 1 amide bonds. The van der Waals surface area contributed by atoms with Crippen molar-refractivity contribution in [3.05, 3.63) is 71.4 Å². The van der Waals surface area contributed by atoms with Crippen molar-refractivity contribution in [3.63, 3.8) is 0 Å². The molecule has 1 N–H and O–H groups in total. The molecule has 0 fully saturated rings. The average Bonchev–Trinajstić information content (AvgIpc) is 3.03. The zero-order valence-corrected chi connectivity index (χ0v) is 13.8. The second-order valence-electron chi connectivity index (χ2n) is 5.23. The Morgan fingerprint density at radius 3 is 2.75 bits per heavy atom. The van der Waals surface area contributed by atoms with E-state index in [1.807, 2.05) is 37.3 Å². The highest BCUT2D eigenvalue weighted by Gasteiger charge is 2.08. The molecule has 1 heterocycles. The van der Waals surface area contributed by atoms with Crippen LogP contribution >= 0.6 is 11.6 Å². The molecule has 0 bridgehead atoms. The van der Waals surface area contributed by atoms with Crippen molar-refractivity contribution in [3.8, 4) is 11.4 Å². The Morgan fingerprint density at radius 1 is 1.21 bits per heavy atom. The fraction of sp³-hybridized carbons (Fsp3) is 0.111. The van der Waals surface area contributed by atoms with E-state index in [-0.39, 0.29) is 12.5 Å². The van der Waals surface area contributed by atoms with Gasteiger partial charge in [-0.25, -0.2) is 4.68 Å². The Hall–Kier alpha value is -2.79. The molecule has 0 atom stereocenters. The number of halogens is 1. The predicted octanol–water partition coefficient (Wildman–Crippen LogP) is 3.85. The second-order valence-corrected chi connectivity index (χ2v) is 5.66. The minimum atomic E-state index is -0.275. The third-order valence-electron chi connectivity index (χ3n) is 3.37. The molecule has 5 nitrogen and oxygen atoms in total. The van der Waals surface area contributed by atoms with Crippen LogP contribution in [0.5, 0.6) is 5.75 Å². The van der Waals surface area contributed by atoms with Crippen LogP contribution in [0.1, 0.15) is 5.56 Å². The number of hydrogen-bond donors (Lipinski definition) is 1. The van der Waals surface area contributed by atoms with Crippen LogP contribution in [0.3, 0.4) is 0 Å². The van der Waals surface area contributed by atoms with Crippen LogP contribution in [0.4, 0.5) is 5.82 Å². The number of nitrogens with zero attached hydrogens (tertiary/aromatic N) is 2. The summed E-state index contributed by atoms with van der Waals surface area (Å²) in [5.41, 5.74) is 1.80. The zero-order valence-electron chi connectivity index (χ0n) is 13.1. The van der Waals surface area contributed by atoms with Crippen molar-refractivity contribution in [1.82, 2.24) is 9.78 Å². The lowest BCUT2D eigenvalue weighted by molar-refractivity contribution is -0.118. The van der Waals surface area contributed by atoms with Crippen molar-refractivity contribution in [1.29, 1.82) is 0 Å². The molecule has 6 heteroatoms. The smallest absolute Gasteiger partial charge is 0.263 e. The summed E-state index contributed by atoms with van der Waals surface area (Å²) < 4.78 is 7.21. The van der Waals surface area contributed by atoms with Crippen molar-refractivity contribution in [2.45, 2.75) is 6.92 Å². The molecule has 0 spiro atoms. The van der Waals surface area contributed by atoms with Gasteiger partial charge in [-0.05, 0) is 42.8 Å². The Bertz CT molecular complexity index is 846. The minimum absolute atomic E-state index is 0.0966. The molecule has 0 aliphatic carbocycles. The summed E-state index contributed by atoms with van der Waals surface area (Å²) in [4.78, 5) is 12.0. The first-order valence-corrected chi connectivity index (χ1v) is 7.79. The lowest BCUT2D eigenvalue weighted by atomic mass is 10.2. The topological polar surface area (TPSA) is 56.1 Å². The summed E-state index contributed by atoms with van der Waals surface area (Å²) in [6.45, 7) is 1.78. The number of rotatable bonds is 5. The summed E-state index contributed by atoms with van der Waals surface area (Å²) >= 11 is 5.89. The Balaban J connectivity index is 1.58. The molecule has 0 aliphatic heterocycles. The highest BCUT2D eigenvalue weighted by atomic mass is 35.5. The molecule has 3 rings (SSSR count). The van der Waals surface area contributed by atoms with Crippen LogP contribution in [0.2, 0.25) is 5.02 Å². The molecule has 3 aromatic rings. The first-order chi connectivity index (χ1) is 11.6. The average molecular weight is 342 g/mol. The largest absolute Gasteiger partial charge is 0.483 e. The Kier molecular flexibility index (Phi) is 4.82. The summed E-state index contributed by atoms with van der Waals surface area (Å²) in [5.74, 6) is 0.826. The van der Waals surface area contributed by atoms with Crippen LogP contribution in [0, 0.1) is 6.92 Å². The number of hydrogen-bond acceptors (Lipinski definition) is 3. The number of benzene rings is 2. The zero-order chi connectivity index (χ0) is 16.9. The fourth-order valence-electron chi connectivity index (χ4n) is 2.21. The SMILES string of the molecule is Cc1cc(Cl)ccc1OCC(=O)Nc1ccn(-c2ccccc2)n1. The van der Waals surface area contributed by atoms with Crippen molar-refractivity contribution in [2.24, 2.45) is 0 Å². The van der Waals surface area contributed by atoms with Gasteiger partial charge < -0.3 is 10.1 Å². The second kappa shape index (κ2) is 7.19. The summed E-state index contributed by atoms with van der Waals surface area (Å²) in [5, 5.41) is 7.66. The van der Waals surface area contributed by atoms with E-state index >= 15 is 0 Å². The van der Waals surface area contributed by atoms with E-state index in [0.29, 0.717) is 16.6 Å². The molecule has 0 unspecified atom stereocenters. The van der Waals surface area contributed by atoms with Crippen LogP contribution in [0.15, 0.2) is 60.8 Å². The number of aromatic nitrogens is 2. The van der Waals surface area contributed by atoms with E-state index in [0.717, 1.165) is 11.3 Å². The van der Waals surface area contributed by atoms with E-state index in [2.05, 4.69) is 10.4 Å². The first-order valence-electron chi connectivity index (χ1n) is 7.42. The van der Waals surface area contributed by atoms with Gasteiger partial charge in [-0.2, -0.15) is 5.10 Å². The molecule has 1 aromatic heterocycles. The van der Waals surface area contributed by atoms with Crippen molar-refractivity contribution >= 4 is 23.3 Å². The highest BCUT2D eigenvalue weighted by molar-refractivity contribution is 6.30. The van der Waals surface area contributed by atoms with E-state index < -0.39 is 0 Å². The van der Waals surface area contributed by atoms with E-state index in [4.69, 9.17) is 16.3 Å². The van der Waals surface area contributed by atoms with Gasteiger partial charge in [-0.1, -0.05) is 29.8 Å². The molecule has 2 aromatic carbocycles. The number of anilines is 1. The van der Waals surface area contributed by atoms with Gasteiger partial charge >= 0.3 is 0 Å². The summed E-state index contributed by atoms with van der Waals surface area (Å²) in [6, 6.07) is 16.7. The number of aryl methyl sites for hydroxylation is 1. The quantitative estimate of drug-likeness (QED) is 0.766. The van der Waals surface area contributed by atoms with Crippen LogP contribution in [-0.4, -0.2) is 22.3 Å². The van der Waals surface area contributed by atoms with Crippen LogP contribution in [-0.2, 0) is 4.79 Å². The van der Waals surface area contributed by atoms with Gasteiger partial charge in [0, 0.05) is 17.3 Å². The third-order valence-corrected chi connectivity index (χ3v) is 3.61. The van der Waals surface area contributed by atoms with Gasteiger partial charge in [0.2, 0.25) is 0 Å². The maximum atomic E-state index is 12.0. The van der Waals surface area contributed by atoms with Crippen molar-refractivity contribution in [2.75, 3.05) is 11.9 Å². The number of para-hydroxylation sites is 1. The minimum Gasteiger partial charge on any atom is -0.483 e. The van der Waals surface area contributed by atoms with E-state index in [1.165, 1.54) is 0 Å². The first kappa shape index (κ1) is 16.1. The highest BCUT2D eigenvalue weighted by Crippen LogP contribution is 2.21. The number of ether oxygens (including phenoxy) is 1. The standard InChI is InChI=1S/C18H16ClN3O2/c1-13-11-14(19)7-8-16(13)24-12-18(23)20-17-9-10-22(21-17)15-5-3-2-4-6-15/h2-11H,12H2,1H3,(H,20,21,23). The van der Waals surface area contributed by atoms with Gasteiger partial charge in [-0.3, -0.25) is 4.79 Å². The van der Waals surface area contributed by atoms with Crippen molar-refractivity contribution < 1.29 is 9.53 Å². The summed E-state index contributed by atoms with van der Waals surface area (Å²) in [7, 11) is 0. The molecular weight excluding hydrogens is 326 g/mol. The Morgan fingerprint density at radius 2 is 2.00 bits per heavy atom.